The molecule has 0 aliphatic carbocycles. The lowest BCUT2D eigenvalue weighted by Crippen LogP contribution is -2.01. The molecule has 0 N–H and O–H groups in total. The predicted octanol–water partition coefficient (Wildman–Crippen LogP) is 13.4. The van der Waals surface area contributed by atoms with Gasteiger partial charge in [-0.25, -0.2) is 15.0 Å². The van der Waals surface area contributed by atoms with Crippen LogP contribution in [-0.2, 0) is 0 Å². The zero-order valence-corrected chi connectivity index (χ0v) is 30.4. The number of benzene rings is 8. The van der Waals surface area contributed by atoms with Crippen LogP contribution in [0.1, 0.15) is 0 Å². The Labute approximate surface area is 325 Å². The molecule has 0 saturated carbocycles. The third-order valence-corrected chi connectivity index (χ3v) is 11.1. The van der Waals surface area contributed by atoms with Gasteiger partial charge in [-0.1, -0.05) is 140 Å². The molecule has 57 heavy (non-hydrogen) atoms. The Hall–Kier alpha value is -7.83. The normalized spacial score (nSPS) is 11.9. The molecule has 266 valence electrons. The third kappa shape index (κ3) is 4.87. The van der Waals surface area contributed by atoms with Crippen LogP contribution in [0, 0.1) is 0 Å². The van der Waals surface area contributed by atoms with Crippen molar-refractivity contribution >= 4 is 65.7 Å². The molecule has 0 atom stereocenters. The average molecular weight is 731 g/mol. The summed E-state index contributed by atoms with van der Waals surface area (Å²) in [6.07, 6.45) is 0. The molecule has 6 nitrogen and oxygen atoms in total. The monoisotopic (exact) mass is 730 g/mol. The first kappa shape index (κ1) is 31.5. The van der Waals surface area contributed by atoms with Crippen LogP contribution < -0.4 is 0 Å². The van der Waals surface area contributed by atoms with Gasteiger partial charge in [-0.05, 0) is 42.0 Å². The first-order chi connectivity index (χ1) is 28.3. The Morgan fingerprint density at radius 3 is 1.68 bits per heavy atom. The van der Waals surface area contributed by atoms with Gasteiger partial charge in [-0.2, -0.15) is 0 Å². The minimum atomic E-state index is 0.571. The van der Waals surface area contributed by atoms with Gasteiger partial charge in [0, 0.05) is 60.6 Å². The zero-order chi connectivity index (χ0) is 37.5. The van der Waals surface area contributed by atoms with Crippen LogP contribution in [0.5, 0.6) is 0 Å². The molecule has 0 aliphatic rings. The molecule has 0 radical (unpaired) electrons. The standard InChI is InChI=1S/C51H30N4O2/c1-4-15-31(16-5-1)46-38(51-53-49(32-17-6-2-7-18-32)52-50(54-51)33-19-8-3-9-20-33)28-27-37-36-23-14-25-42(47(36)57-48(37)46)55-41-24-12-10-21-34(41)39-29-40-35-22-11-13-26-44(35)56-45(40)30-43(39)55/h1-30H. The Kier molecular flexibility index (Phi) is 6.83. The number of hydrogen-bond acceptors (Lipinski definition) is 5. The van der Waals surface area contributed by atoms with E-state index >= 15 is 0 Å². The van der Waals surface area contributed by atoms with E-state index in [1.54, 1.807) is 0 Å². The van der Waals surface area contributed by atoms with E-state index < -0.39 is 0 Å². The molecule has 12 rings (SSSR count). The van der Waals surface area contributed by atoms with Gasteiger partial charge in [0.05, 0.1) is 16.7 Å². The van der Waals surface area contributed by atoms with Crippen LogP contribution >= 0.6 is 0 Å². The van der Waals surface area contributed by atoms with Crippen molar-refractivity contribution in [2.24, 2.45) is 0 Å². The van der Waals surface area contributed by atoms with E-state index in [2.05, 4.69) is 108 Å². The quantitative estimate of drug-likeness (QED) is 0.176. The molecule has 4 heterocycles. The number of para-hydroxylation sites is 3. The highest BCUT2D eigenvalue weighted by Crippen LogP contribution is 2.45. The highest BCUT2D eigenvalue weighted by atomic mass is 16.3. The van der Waals surface area contributed by atoms with E-state index in [-0.39, 0.29) is 0 Å². The highest BCUT2D eigenvalue weighted by Gasteiger charge is 2.24. The molecule has 8 aromatic carbocycles. The number of aromatic nitrogens is 4. The zero-order valence-electron chi connectivity index (χ0n) is 30.4. The topological polar surface area (TPSA) is 69.9 Å². The van der Waals surface area contributed by atoms with Crippen molar-refractivity contribution < 1.29 is 8.83 Å². The summed E-state index contributed by atoms with van der Waals surface area (Å²) in [6, 6.07) is 62.5. The lowest BCUT2D eigenvalue weighted by atomic mass is 9.96. The first-order valence-corrected chi connectivity index (χ1v) is 19.0. The molecule has 0 unspecified atom stereocenters. The fraction of sp³-hybridized carbons (Fsp3) is 0. The molecular formula is C51H30N4O2. The molecule has 0 bridgehead atoms. The van der Waals surface area contributed by atoms with Gasteiger partial charge in [0.2, 0.25) is 0 Å². The number of fused-ring (bicyclic) bond motifs is 9. The third-order valence-electron chi connectivity index (χ3n) is 11.1. The Morgan fingerprint density at radius 2 is 0.947 bits per heavy atom. The lowest BCUT2D eigenvalue weighted by molar-refractivity contribution is 0.666. The minimum absolute atomic E-state index is 0.571. The van der Waals surface area contributed by atoms with E-state index in [1.807, 2.05) is 78.9 Å². The summed E-state index contributed by atoms with van der Waals surface area (Å²) < 4.78 is 15.9. The van der Waals surface area contributed by atoms with Crippen molar-refractivity contribution in [2.75, 3.05) is 0 Å². The fourth-order valence-electron chi connectivity index (χ4n) is 8.48. The number of hydrogen-bond donors (Lipinski definition) is 0. The minimum Gasteiger partial charge on any atom is -0.456 e. The Balaban J connectivity index is 1.14. The molecule has 0 aliphatic heterocycles. The van der Waals surface area contributed by atoms with Crippen LogP contribution in [-0.4, -0.2) is 19.5 Å². The van der Waals surface area contributed by atoms with Crippen LogP contribution in [0.25, 0.3) is 117 Å². The van der Waals surface area contributed by atoms with E-state index in [0.717, 1.165) is 93.8 Å². The number of nitrogens with zero attached hydrogens (tertiary/aromatic N) is 4. The average Bonchev–Trinajstić information content (AvgIpc) is 3.95. The molecule has 0 amide bonds. The van der Waals surface area contributed by atoms with E-state index in [4.69, 9.17) is 23.8 Å². The van der Waals surface area contributed by atoms with Gasteiger partial charge >= 0.3 is 0 Å². The largest absolute Gasteiger partial charge is 0.456 e. The molecule has 6 heteroatoms. The van der Waals surface area contributed by atoms with Crippen LogP contribution in [0.2, 0.25) is 0 Å². The van der Waals surface area contributed by atoms with Crippen LogP contribution in [0.3, 0.4) is 0 Å². The first-order valence-electron chi connectivity index (χ1n) is 19.0. The summed E-state index contributed by atoms with van der Waals surface area (Å²) in [5, 5.41) is 6.57. The lowest BCUT2D eigenvalue weighted by Gasteiger charge is -2.12. The molecule has 0 fully saturated rings. The van der Waals surface area contributed by atoms with Crippen molar-refractivity contribution in [2.45, 2.75) is 0 Å². The SMILES string of the molecule is c1ccc(-c2nc(-c3ccccc3)nc(-c3ccc4c(oc5c(-n6c7ccccc7c7cc8c(cc76)oc6ccccc68)cccc54)c3-c3ccccc3)n2)cc1. The van der Waals surface area contributed by atoms with Crippen molar-refractivity contribution in [1.29, 1.82) is 0 Å². The predicted molar refractivity (Wildman–Crippen MR) is 230 cm³/mol. The van der Waals surface area contributed by atoms with Crippen molar-refractivity contribution in [3.05, 3.63) is 182 Å². The van der Waals surface area contributed by atoms with Crippen LogP contribution in [0.4, 0.5) is 0 Å². The van der Waals surface area contributed by atoms with E-state index in [9.17, 15) is 0 Å². The van der Waals surface area contributed by atoms with Gasteiger partial charge < -0.3 is 13.4 Å². The maximum absolute atomic E-state index is 7.20. The maximum atomic E-state index is 7.20. The smallest absolute Gasteiger partial charge is 0.164 e. The summed E-state index contributed by atoms with van der Waals surface area (Å²) in [4.78, 5) is 15.2. The van der Waals surface area contributed by atoms with Gasteiger partial charge in [0.15, 0.2) is 23.1 Å². The second-order valence-electron chi connectivity index (χ2n) is 14.3. The van der Waals surface area contributed by atoms with E-state index in [0.29, 0.717) is 17.5 Å². The second-order valence-corrected chi connectivity index (χ2v) is 14.3. The Bertz CT molecular complexity index is 3450. The number of furan rings is 2. The number of rotatable bonds is 5. The van der Waals surface area contributed by atoms with Gasteiger partial charge in [0.1, 0.15) is 16.7 Å². The summed E-state index contributed by atoms with van der Waals surface area (Å²) in [6.45, 7) is 0. The summed E-state index contributed by atoms with van der Waals surface area (Å²) in [5.41, 5.74) is 11.0. The Morgan fingerprint density at radius 1 is 0.351 bits per heavy atom. The highest BCUT2D eigenvalue weighted by molar-refractivity contribution is 6.19. The van der Waals surface area contributed by atoms with E-state index in [1.165, 1.54) is 5.39 Å². The van der Waals surface area contributed by atoms with Crippen molar-refractivity contribution in [3.63, 3.8) is 0 Å². The fourth-order valence-corrected chi connectivity index (χ4v) is 8.48. The molecule has 0 spiro atoms. The maximum Gasteiger partial charge on any atom is 0.164 e. The van der Waals surface area contributed by atoms with Crippen molar-refractivity contribution in [3.8, 4) is 51.0 Å². The molecular weight excluding hydrogens is 701 g/mol. The second kappa shape index (κ2) is 12.3. The van der Waals surface area contributed by atoms with Gasteiger partial charge in [0.25, 0.3) is 0 Å². The van der Waals surface area contributed by atoms with Gasteiger partial charge in [-0.15, -0.1) is 0 Å². The van der Waals surface area contributed by atoms with Crippen molar-refractivity contribution in [1.82, 2.24) is 19.5 Å². The summed E-state index contributed by atoms with van der Waals surface area (Å²) in [5.74, 6) is 1.78. The van der Waals surface area contributed by atoms with Crippen LogP contribution in [0.15, 0.2) is 191 Å². The molecule has 4 aromatic heterocycles. The molecule has 0 saturated heterocycles. The molecule has 12 aromatic rings. The summed E-state index contributed by atoms with van der Waals surface area (Å²) >= 11 is 0. The summed E-state index contributed by atoms with van der Waals surface area (Å²) in [7, 11) is 0. The van der Waals surface area contributed by atoms with Gasteiger partial charge in [-0.3, -0.25) is 0 Å².